The molecule has 2 aromatic carbocycles. The molecule has 5 bridgehead atoms. The van der Waals surface area contributed by atoms with E-state index in [9.17, 15) is 19.5 Å². The van der Waals surface area contributed by atoms with Gasteiger partial charge in [0.05, 0.1) is 12.0 Å². The lowest BCUT2D eigenvalue weighted by Gasteiger charge is -2.36. The van der Waals surface area contributed by atoms with Gasteiger partial charge >= 0.3 is 5.97 Å². The zero-order valence-electron chi connectivity index (χ0n) is 28.1. The third-order valence-electron chi connectivity index (χ3n) is 10.1. The molecule has 4 aliphatic heterocycles. The number of allylic oxidation sites excluding steroid dienone is 1. The van der Waals surface area contributed by atoms with Gasteiger partial charge in [-0.2, -0.15) is 0 Å². The Balaban J connectivity index is 1.47. The Morgan fingerprint density at radius 1 is 0.980 bits per heavy atom. The maximum atomic E-state index is 15.1. The van der Waals surface area contributed by atoms with Gasteiger partial charge in [0.1, 0.15) is 29.8 Å². The van der Waals surface area contributed by atoms with E-state index in [-0.39, 0.29) is 43.8 Å². The molecule has 11 heteroatoms. The summed E-state index contributed by atoms with van der Waals surface area (Å²) >= 11 is 3.63. The second-order valence-electron chi connectivity index (χ2n) is 13.5. The lowest BCUT2D eigenvalue weighted by Crippen LogP contribution is -2.56. The first-order valence-electron chi connectivity index (χ1n) is 17.1. The second-order valence-corrected chi connectivity index (χ2v) is 14.4. The number of carbonyl (C=O) groups is 4. The molecule has 1 spiro atoms. The van der Waals surface area contributed by atoms with Gasteiger partial charge in [0.2, 0.25) is 11.8 Å². The molecule has 4 aliphatic rings. The number of aliphatic hydroxyl groups is 1. The average molecular weight is 735 g/mol. The monoisotopic (exact) mass is 733 g/mol. The summed E-state index contributed by atoms with van der Waals surface area (Å²) in [6, 6.07) is 13.5. The largest absolute Gasteiger partial charge is 0.455 e. The molecule has 0 unspecified atom stereocenters. The number of amides is 3. The van der Waals surface area contributed by atoms with Crippen LogP contribution in [0.3, 0.4) is 0 Å². The van der Waals surface area contributed by atoms with Gasteiger partial charge in [0, 0.05) is 36.3 Å². The van der Waals surface area contributed by atoms with Crippen molar-refractivity contribution in [2.45, 2.75) is 82.8 Å². The van der Waals surface area contributed by atoms with Gasteiger partial charge in [-0.1, -0.05) is 70.5 Å². The number of nitrogens with zero attached hydrogens (tertiary/aromatic N) is 2. The Morgan fingerprint density at radius 2 is 1.76 bits per heavy atom. The Bertz CT molecular complexity index is 1660. The average Bonchev–Trinajstić information content (AvgIpc) is 3.67. The van der Waals surface area contributed by atoms with E-state index in [0.29, 0.717) is 41.4 Å². The molecule has 49 heavy (non-hydrogen) atoms. The maximum Gasteiger partial charge on any atom is 0.313 e. The molecule has 2 N–H and O–H groups in total. The highest BCUT2D eigenvalue weighted by atomic mass is 79.9. The smallest absolute Gasteiger partial charge is 0.313 e. The van der Waals surface area contributed by atoms with E-state index in [1.807, 2.05) is 80.6 Å². The number of carbonyl (C=O) groups excluding carboxylic acids is 4. The van der Waals surface area contributed by atoms with Crippen LogP contribution in [0.15, 0.2) is 71.2 Å². The summed E-state index contributed by atoms with van der Waals surface area (Å²) in [5, 5.41) is 12.4. The van der Waals surface area contributed by atoms with Crippen molar-refractivity contribution in [1.29, 1.82) is 0 Å². The van der Waals surface area contributed by atoms with E-state index in [4.69, 9.17) is 9.47 Å². The van der Waals surface area contributed by atoms with Crippen LogP contribution < -0.4 is 10.2 Å². The number of cyclic esters (lactones) is 1. The molecule has 2 fully saturated rings. The summed E-state index contributed by atoms with van der Waals surface area (Å²) in [7, 11) is 0. The SMILES string of the molecule is Cc1ccc(C)c(N2C/C=C\CCC(=O)N[C@@H](C)[C@H](c3ccccc3)OC(=O)[C@H]3[C@@H]4O[C@@]5(C=C4Br)[C@@H]3C(=O)N(CCCCCO)[C@@H]5C2=O)c1. The van der Waals surface area contributed by atoms with Crippen molar-refractivity contribution < 1.29 is 33.8 Å². The molecule has 4 heterocycles. The summed E-state index contributed by atoms with van der Waals surface area (Å²) in [6.07, 6.45) is 6.40. The predicted octanol–water partition coefficient (Wildman–Crippen LogP) is 4.81. The van der Waals surface area contributed by atoms with Gasteiger partial charge in [0.15, 0.2) is 0 Å². The highest BCUT2D eigenvalue weighted by Crippen LogP contribution is 2.59. The van der Waals surface area contributed by atoms with Crippen molar-refractivity contribution in [3.8, 4) is 0 Å². The lowest BCUT2D eigenvalue weighted by molar-refractivity contribution is -0.161. The molecule has 6 rings (SSSR count). The minimum absolute atomic E-state index is 0.0332. The van der Waals surface area contributed by atoms with Crippen LogP contribution in [0.1, 0.15) is 61.8 Å². The maximum absolute atomic E-state index is 15.1. The fraction of sp³-hybridized carbons (Fsp3) is 0.474. The van der Waals surface area contributed by atoms with Crippen molar-refractivity contribution in [3.05, 3.63) is 87.9 Å². The number of likely N-dealkylation sites (tertiary alicyclic amines) is 1. The number of ether oxygens (including phenoxy) is 2. The zero-order valence-corrected chi connectivity index (χ0v) is 29.7. The van der Waals surface area contributed by atoms with Gasteiger partial charge in [-0.3, -0.25) is 19.2 Å². The number of anilines is 1. The van der Waals surface area contributed by atoms with Gasteiger partial charge < -0.3 is 29.7 Å². The van der Waals surface area contributed by atoms with Gasteiger partial charge in [-0.15, -0.1) is 0 Å². The van der Waals surface area contributed by atoms with Crippen molar-refractivity contribution >= 4 is 45.3 Å². The zero-order chi connectivity index (χ0) is 34.9. The number of benzene rings is 2. The van der Waals surface area contributed by atoms with Crippen LogP contribution in [-0.2, 0) is 28.7 Å². The molecule has 10 nitrogen and oxygen atoms in total. The van der Waals surface area contributed by atoms with Crippen LogP contribution >= 0.6 is 15.9 Å². The first kappa shape index (κ1) is 35.0. The molecule has 2 aromatic rings. The fourth-order valence-corrected chi connectivity index (χ4v) is 8.50. The molecule has 3 amide bonds. The number of halogens is 1. The van der Waals surface area contributed by atoms with E-state index in [0.717, 1.165) is 11.1 Å². The van der Waals surface area contributed by atoms with Gasteiger partial charge in [0.25, 0.3) is 5.91 Å². The number of aliphatic hydroxyl groups excluding tert-OH is 1. The first-order valence-corrected chi connectivity index (χ1v) is 17.9. The summed E-state index contributed by atoms with van der Waals surface area (Å²) in [5.41, 5.74) is 1.87. The minimum atomic E-state index is -1.41. The number of hydrogen-bond acceptors (Lipinski definition) is 7. The molecule has 0 saturated carbocycles. The fourth-order valence-electron chi connectivity index (χ4n) is 7.76. The molecule has 2 saturated heterocycles. The van der Waals surface area contributed by atoms with Crippen LogP contribution in [0.5, 0.6) is 0 Å². The van der Waals surface area contributed by atoms with Gasteiger partial charge in [-0.25, -0.2) is 0 Å². The van der Waals surface area contributed by atoms with Crippen LogP contribution in [0.4, 0.5) is 5.69 Å². The highest BCUT2D eigenvalue weighted by Gasteiger charge is 2.75. The number of nitrogens with one attached hydrogen (secondary N) is 1. The van der Waals surface area contributed by atoms with E-state index in [1.165, 1.54) is 0 Å². The van der Waals surface area contributed by atoms with Crippen molar-refractivity contribution in [1.82, 2.24) is 10.2 Å². The van der Waals surface area contributed by atoms with E-state index < -0.39 is 47.7 Å². The second kappa shape index (κ2) is 14.6. The quantitative estimate of drug-likeness (QED) is 0.238. The van der Waals surface area contributed by atoms with Crippen molar-refractivity contribution in [2.24, 2.45) is 11.8 Å². The summed E-state index contributed by atoms with van der Waals surface area (Å²) < 4.78 is 13.5. The third-order valence-corrected chi connectivity index (χ3v) is 10.8. The first-order chi connectivity index (χ1) is 23.6. The van der Waals surface area contributed by atoms with Crippen molar-refractivity contribution in [3.63, 3.8) is 0 Å². The molecular formula is C38H44BrN3O7. The molecule has 7 atom stereocenters. The van der Waals surface area contributed by atoms with E-state index >= 15 is 4.79 Å². The number of hydrogen-bond donors (Lipinski definition) is 2. The normalized spacial score (nSPS) is 31.0. The summed E-state index contributed by atoms with van der Waals surface area (Å²) in [4.78, 5) is 60.4. The number of rotatable bonds is 7. The number of fused-ring (bicyclic) bond motifs is 2. The molecule has 0 aliphatic carbocycles. The topological polar surface area (TPSA) is 125 Å². The summed E-state index contributed by atoms with van der Waals surface area (Å²) in [5.74, 6) is -3.50. The number of esters is 1. The van der Waals surface area contributed by atoms with E-state index in [1.54, 1.807) is 16.7 Å². The predicted molar refractivity (Wildman–Crippen MR) is 188 cm³/mol. The Labute approximate surface area is 295 Å². The Hall–Kier alpha value is -3.80. The highest BCUT2D eigenvalue weighted by molar-refractivity contribution is 9.11. The third kappa shape index (κ3) is 6.60. The summed E-state index contributed by atoms with van der Waals surface area (Å²) in [6.45, 7) is 6.21. The molecule has 0 radical (unpaired) electrons. The number of unbranched alkanes of at least 4 members (excludes halogenated alkanes) is 2. The lowest BCUT2D eigenvalue weighted by atomic mass is 9.74. The standard InChI is InChI=1S/C38H44BrN3O7/c1-23-16-17-24(2)28(21-23)41-18-10-5-9-15-29(44)40-25(3)32(26-13-7-4-8-14-26)48-37(47)30-31-35(45)42(19-11-6-12-20-43)34(36(41)46)38(31)22-27(39)33(30)49-38/h4-5,7-8,10,13-14,16-17,21-22,25,30-34,43H,6,9,11-12,15,18-20H2,1-3H3,(H,40,44)/b10-5-/t25-,30+,31-,32+,33+,34+,38-/m0/s1. The van der Waals surface area contributed by atoms with Gasteiger partial charge in [-0.05, 0) is 75.3 Å². The molecule has 0 aromatic heterocycles. The van der Waals surface area contributed by atoms with Crippen molar-refractivity contribution in [2.75, 3.05) is 24.6 Å². The molecule has 260 valence electrons. The van der Waals surface area contributed by atoms with Crippen LogP contribution in [-0.4, -0.2) is 77.2 Å². The van der Waals surface area contributed by atoms with Crippen LogP contribution in [0, 0.1) is 25.7 Å². The minimum Gasteiger partial charge on any atom is -0.455 e. The van der Waals surface area contributed by atoms with E-state index in [2.05, 4.69) is 21.2 Å². The Kier molecular flexibility index (Phi) is 10.4. The van der Waals surface area contributed by atoms with Crippen LogP contribution in [0.25, 0.3) is 0 Å². The Morgan fingerprint density at radius 3 is 2.51 bits per heavy atom. The number of aryl methyl sites for hydroxylation is 2. The van der Waals surface area contributed by atoms with Crippen LogP contribution in [0.2, 0.25) is 0 Å². The molecular weight excluding hydrogens is 690 g/mol.